The van der Waals surface area contributed by atoms with Gasteiger partial charge in [0.15, 0.2) is 0 Å². The lowest BCUT2D eigenvalue weighted by atomic mass is 10.3. The molecule has 0 aromatic carbocycles. The van der Waals surface area contributed by atoms with Crippen LogP contribution in [-0.4, -0.2) is 0 Å². The average Bonchev–Trinajstić information content (AvgIpc) is 1.89. The highest BCUT2D eigenvalue weighted by atomic mass is 13.7. The molecule has 0 aliphatic carbocycles. The van der Waals surface area contributed by atoms with Crippen LogP contribution in [0, 0.1) is 0 Å². The molecular weight excluding hydrogens is 108 g/mol. The van der Waals surface area contributed by atoms with E-state index < -0.39 is 0 Å². The van der Waals surface area contributed by atoms with Crippen molar-refractivity contribution in [1.82, 2.24) is 0 Å². The number of allylic oxidation sites excluding steroid dienone is 6. The van der Waals surface area contributed by atoms with Gasteiger partial charge in [-0.2, -0.15) is 0 Å². The fraction of sp³-hybridized carbons (Fsp3) is 0.111. The second-order valence-electron chi connectivity index (χ2n) is 1.56. The molecule has 0 fully saturated rings. The van der Waals surface area contributed by atoms with Crippen molar-refractivity contribution < 1.29 is 0 Å². The van der Waals surface area contributed by atoms with Crippen LogP contribution in [-0.2, 0) is 0 Å². The number of rotatable bonds is 4. The smallest absolute Gasteiger partial charge is 0.0163 e. The van der Waals surface area contributed by atoms with E-state index in [0.717, 1.165) is 6.42 Å². The first-order valence-corrected chi connectivity index (χ1v) is 2.97. The van der Waals surface area contributed by atoms with E-state index in [4.69, 9.17) is 0 Å². The van der Waals surface area contributed by atoms with Gasteiger partial charge in [-0.25, -0.2) is 0 Å². The van der Waals surface area contributed by atoms with Crippen LogP contribution in [0.15, 0.2) is 49.6 Å². The van der Waals surface area contributed by atoms with E-state index in [1.165, 1.54) is 0 Å². The van der Waals surface area contributed by atoms with Crippen LogP contribution in [0.5, 0.6) is 0 Å². The summed E-state index contributed by atoms with van der Waals surface area (Å²) >= 11 is 0. The van der Waals surface area contributed by atoms with E-state index in [-0.39, 0.29) is 0 Å². The topological polar surface area (TPSA) is 0 Å². The molecule has 0 aliphatic rings. The van der Waals surface area contributed by atoms with Gasteiger partial charge in [-0.15, -0.1) is 0 Å². The van der Waals surface area contributed by atoms with Crippen molar-refractivity contribution >= 4 is 0 Å². The van der Waals surface area contributed by atoms with Gasteiger partial charge in [0.25, 0.3) is 0 Å². The summed E-state index contributed by atoms with van der Waals surface area (Å²) in [5.41, 5.74) is 0. The highest BCUT2D eigenvalue weighted by Gasteiger charge is 1.64. The maximum Gasteiger partial charge on any atom is -0.0163 e. The molecule has 0 atom stereocenters. The molecule has 0 saturated heterocycles. The van der Waals surface area contributed by atoms with Gasteiger partial charge in [-0.1, -0.05) is 49.6 Å². The largest absolute Gasteiger partial charge is 0.0991 e. The molecule has 0 heteroatoms. The maximum atomic E-state index is 3.55. The van der Waals surface area contributed by atoms with E-state index in [1.54, 1.807) is 12.2 Å². The Kier molecular flexibility index (Phi) is 6.16. The Morgan fingerprint density at radius 3 is 1.67 bits per heavy atom. The quantitative estimate of drug-likeness (QED) is 0.500. The van der Waals surface area contributed by atoms with Crippen molar-refractivity contribution in [1.29, 1.82) is 0 Å². The molecule has 0 bridgehead atoms. The Morgan fingerprint density at radius 1 is 0.889 bits per heavy atom. The third-order valence-corrected chi connectivity index (χ3v) is 0.816. The summed E-state index contributed by atoms with van der Waals surface area (Å²) in [7, 11) is 0. The van der Waals surface area contributed by atoms with Crippen LogP contribution in [0.25, 0.3) is 0 Å². The van der Waals surface area contributed by atoms with Gasteiger partial charge < -0.3 is 0 Å². The molecule has 0 nitrogen and oxygen atoms in total. The molecule has 0 amide bonds. The number of hydrogen-bond donors (Lipinski definition) is 0. The fourth-order valence-corrected chi connectivity index (χ4v) is 0.428. The Bertz CT molecular complexity index is 111. The molecule has 0 aromatic heterocycles. The molecule has 9 heavy (non-hydrogen) atoms. The average molecular weight is 120 g/mol. The molecule has 0 aliphatic heterocycles. The van der Waals surface area contributed by atoms with Crippen molar-refractivity contribution in [2.24, 2.45) is 0 Å². The number of hydrogen-bond acceptors (Lipinski definition) is 0. The minimum atomic E-state index is 0.956. The summed E-state index contributed by atoms with van der Waals surface area (Å²) < 4.78 is 0. The zero-order chi connectivity index (χ0) is 6.95. The van der Waals surface area contributed by atoms with Gasteiger partial charge in [-0.3, -0.25) is 0 Å². The van der Waals surface area contributed by atoms with Crippen molar-refractivity contribution in [3.8, 4) is 0 Å². The van der Waals surface area contributed by atoms with Crippen LogP contribution in [0.2, 0.25) is 0 Å². The van der Waals surface area contributed by atoms with Gasteiger partial charge in [0, 0.05) is 0 Å². The lowest BCUT2D eigenvalue weighted by Crippen LogP contribution is -1.54. The zero-order valence-electron chi connectivity index (χ0n) is 5.59. The fourth-order valence-electron chi connectivity index (χ4n) is 0.428. The molecule has 48 valence electrons. The van der Waals surface area contributed by atoms with Crippen LogP contribution < -0.4 is 0 Å². The van der Waals surface area contributed by atoms with Gasteiger partial charge in [-0.05, 0) is 6.42 Å². The Labute approximate surface area is 56.9 Å². The Hall–Kier alpha value is -1.04. The van der Waals surface area contributed by atoms with E-state index >= 15 is 0 Å². The van der Waals surface area contributed by atoms with Gasteiger partial charge in [0.05, 0.1) is 0 Å². The van der Waals surface area contributed by atoms with Gasteiger partial charge >= 0.3 is 0 Å². The summed E-state index contributed by atoms with van der Waals surface area (Å²) in [5.74, 6) is 0. The van der Waals surface area contributed by atoms with Gasteiger partial charge in [0.2, 0.25) is 0 Å². The monoisotopic (exact) mass is 120 g/mol. The minimum Gasteiger partial charge on any atom is -0.0991 e. The second kappa shape index (κ2) is 6.96. The summed E-state index contributed by atoms with van der Waals surface area (Å²) in [6, 6.07) is 0. The molecule has 0 spiro atoms. The summed E-state index contributed by atoms with van der Waals surface area (Å²) in [4.78, 5) is 0. The van der Waals surface area contributed by atoms with Crippen molar-refractivity contribution in [3.05, 3.63) is 49.6 Å². The van der Waals surface area contributed by atoms with Gasteiger partial charge in [0.1, 0.15) is 0 Å². The molecule has 0 radical (unpaired) electrons. The van der Waals surface area contributed by atoms with Crippen LogP contribution in [0.4, 0.5) is 0 Å². The van der Waals surface area contributed by atoms with Crippen molar-refractivity contribution in [2.75, 3.05) is 0 Å². The zero-order valence-corrected chi connectivity index (χ0v) is 5.59. The van der Waals surface area contributed by atoms with Crippen LogP contribution in [0.1, 0.15) is 6.42 Å². The van der Waals surface area contributed by atoms with Crippen molar-refractivity contribution in [3.63, 3.8) is 0 Å². The van der Waals surface area contributed by atoms with E-state index in [0.29, 0.717) is 0 Å². The standard InChI is InChI=1S/C9H12/c1-3-5-7-9-8-6-4-2/h3-8H,1-2,9H2/b7-5-,8-6-. The van der Waals surface area contributed by atoms with Crippen molar-refractivity contribution in [2.45, 2.75) is 6.42 Å². The highest BCUT2D eigenvalue weighted by molar-refractivity contribution is 5.04. The summed E-state index contributed by atoms with van der Waals surface area (Å²) in [5, 5.41) is 0. The first-order valence-electron chi connectivity index (χ1n) is 2.97. The minimum absolute atomic E-state index is 0.956. The third kappa shape index (κ3) is 6.96. The van der Waals surface area contributed by atoms with E-state index in [1.807, 2.05) is 24.3 Å². The Morgan fingerprint density at radius 2 is 1.33 bits per heavy atom. The molecule has 0 aromatic rings. The molecule has 0 unspecified atom stereocenters. The van der Waals surface area contributed by atoms with E-state index in [9.17, 15) is 0 Å². The predicted octanol–water partition coefficient (Wildman–Crippen LogP) is 2.86. The molecule has 0 rings (SSSR count). The normalized spacial score (nSPS) is 10.7. The van der Waals surface area contributed by atoms with E-state index in [2.05, 4.69) is 13.2 Å². The summed E-state index contributed by atoms with van der Waals surface area (Å²) in [6.07, 6.45) is 12.4. The molecular formula is C9H12. The second-order valence-corrected chi connectivity index (χ2v) is 1.56. The van der Waals surface area contributed by atoms with Crippen LogP contribution in [0.3, 0.4) is 0 Å². The lowest BCUT2D eigenvalue weighted by molar-refractivity contribution is 1.39. The first kappa shape index (κ1) is 7.96. The molecule has 0 saturated carbocycles. The third-order valence-electron chi connectivity index (χ3n) is 0.816. The molecule has 0 N–H and O–H groups in total. The predicted molar refractivity (Wildman–Crippen MR) is 43.3 cm³/mol. The first-order chi connectivity index (χ1) is 4.41. The molecule has 0 heterocycles. The maximum absolute atomic E-state index is 3.55. The summed E-state index contributed by atoms with van der Waals surface area (Å²) in [6.45, 7) is 7.09. The SMILES string of the molecule is C=C/C=C\C/C=C\C=C. The Balaban J connectivity index is 3.27. The lowest BCUT2D eigenvalue weighted by Gasteiger charge is -1.75. The highest BCUT2D eigenvalue weighted by Crippen LogP contribution is 1.85. The van der Waals surface area contributed by atoms with Crippen LogP contribution >= 0.6 is 0 Å².